The van der Waals surface area contributed by atoms with Gasteiger partial charge < -0.3 is 10.0 Å². The number of hydrogen-bond acceptors (Lipinski definition) is 2. The molecule has 0 saturated heterocycles. The Kier molecular flexibility index (Phi) is 4.99. The number of hydrogen-bond donors (Lipinski definition) is 1. The fraction of sp³-hybridized carbons (Fsp3) is 0.0769. The number of nitrogens with zero attached hydrogens (tertiary/aromatic N) is 1. The summed E-state index contributed by atoms with van der Waals surface area (Å²) in [6, 6.07) is 6.93. The van der Waals surface area contributed by atoms with Gasteiger partial charge in [-0.25, -0.2) is 0 Å². The van der Waals surface area contributed by atoms with E-state index in [2.05, 4.69) is 12.7 Å². The van der Waals surface area contributed by atoms with Crippen LogP contribution in [0.3, 0.4) is 0 Å². The first kappa shape index (κ1) is 14.5. The Morgan fingerprint density at radius 2 is 1.88 bits per heavy atom. The Bertz CT molecular complexity index is 491. The van der Waals surface area contributed by atoms with Gasteiger partial charge in [0.2, 0.25) is 0 Å². The Hall–Kier alpha value is -0.566. The molecule has 1 N–H and O–H groups in total. The van der Waals surface area contributed by atoms with Crippen LogP contribution in [0.1, 0.15) is 5.56 Å². The molecule has 0 unspecified atom stereocenters. The van der Waals surface area contributed by atoms with Crippen molar-refractivity contribution in [2.75, 3.05) is 7.05 Å². The Morgan fingerprint density at radius 3 is 2.47 bits per heavy atom. The van der Waals surface area contributed by atoms with Crippen molar-refractivity contribution >= 4 is 17.3 Å². The number of allylic oxidation sites excluding steroid dienone is 3. The molecule has 2 nitrogen and oxygen atoms in total. The van der Waals surface area contributed by atoms with Crippen LogP contribution < -0.4 is 0 Å². The van der Waals surface area contributed by atoms with Gasteiger partial charge in [-0.15, -0.1) is 12.1 Å². The molecule has 0 atom stereocenters. The average molecular weight is 322 g/mol. The van der Waals surface area contributed by atoms with E-state index in [1.54, 1.807) is 18.2 Å². The first-order valence-electron chi connectivity index (χ1n) is 4.81. The minimum atomic E-state index is 0. The zero-order valence-corrected chi connectivity index (χ0v) is 13.0. The summed E-state index contributed by atoms with van der Waals surface area (Å²) >= 11 is 5.94. The molecule has 1 aliphatic heterocycles. The fourth-order valence-corrected chi connectivity index (χ4v) is 1.68. The van der Waals surface area contributed by atoms with Crippen LogP contribution in [0.15, 0.2) is 47.6 Å². The standard InChI is InChI=1S/C13H11ClNO.Y/c1-9-12(14)7-8-13(15(9)2)10-3-5-11(16)6-4-10;/h3-7,16H,1H2,2H3;/q-1;. The third-order valence-corrected chi connectivity index (χ3v) is 2.82. The van der Waals surface area contributed by atoms with Gasteiger partial charge in [0.25, 0.3) is 0 Å². The number of likely N-dealkylation sites (N-methyl/N-ethyl adjacent to an activating group) is 1. The van der Waals surface area contributed by atoms with Gasteiger partial charge in [0, 0.05) is 39.8 Å². The molecule has 2 rings (SSSR count). The van der Waals surface area contributed by atoms with E-state index in [1.165, 1.54) is 0 Å². The van der Waals surface area contributed by atoms with Crippen molar-refractivity contribution in [3.8, 4) is 5.75 Å². The van der Waals surface area contributed by atoms with E-state index in [-0.39, 0.29) is 38.5 Å². The number of halogens is 1. The molecule has 0 aliphatic carbocycles. The molecule has 1 radical (unpaired) electrons. The predicted octanol–water partition coefficient (Wildman–Crippen LogP) is 3.12. The van der Waals surface area contributed by atoms with Crippen molar-refractivity contribution in [2.45, 2.75) is 0 Å². The number of aromatic hydroxyl groups is 1. The molecule has 17 heavy (non-hydrogen) atoms. The SMILES string of the molecule is C=C1C(Cl)=C[C-]=C(c2ccc(O)cc2)N1C.[Y]. The van der Waals surface area contributed by atoms with Gasteiger partial charge in [0.1, 0.15) is 5.75 Å². The molecule has 1 aromatic rings. The largest absolute Gasteiger partial charge is 0.508 e. The Morgan fingerprint density at radius 1 is 1.29 bits per heavy atom. The minimum Gasteiger partial charge on any atom is -0.508 e. The molecule has 85 valence electrons. The zero-order valence-electron chi connectivity index (χ0n) is 9.44. The summed E-state index contributed by atoms with van der Waals surface area (Å²) in [6.45, 7) is 3.88. The first-order valence-corrected chi connectivity index (χ1v) is 5.19. The smallest absolute Gasteiger partial charge is 0.113 e. The summed E-state index contributed by atoms with van der Waals surface area (Å²) in [5.74, 6) is 0.246. The van der Waals surface area contributed by atoms with E-state index in [4.69, 9.17) is 11.6 Å². The molecule has 1 aliphatic rings. The maximum Gasteiger partial charge on any atom is 0.113 e. The Balaban J connectivity index is 0.00000144. The monoisotopic (exact) mass is 321 g/mol. The van der Waals surface area contributed by atoms with Crippen LogP contribution in [0, 0.1) is 6.08 Å². The molecule has 1 heterocycles. The number of phenolic OH excluding ortho intramolecular Hbond substituents is 1. The van der Waals surface area contributed by atoms with E-state index >= 15 is 0 Å². The second-order valence-corrected chi connectivity index (χ2v) is 3.95. The van der Waals surface area contributed by atoms with E-state index in [9.17, 15) is 5.11 Å². The van der Waals surface area contributed by atoms with Crippen LogP contribution in [-0.2, 0) is 32.7 Å². The maximum atomic E-state index is 9.22. The molecular formula is C13H11ClNOY-. The normalized spacial score (nSPS) is 14.9. The van der Waals surface area contributed by atoms with Gasteiger partial charge in [0.05, 0.1) is 0 Å². The maximum absolute atomic E-state index is 9.22. The molecule has 1 aromatic carbocycles. The molecule has 0 aromatic heterocycles. The second-order valence-electron chi connectivity index (χ2n) is 3.54. The van der Waals surface area contributed by atoms with Crippen molar-refractivity contribution in [2.24, 2.45) is 0 Å². The zero-order chi connectivity index (χ0) is 11.7. The summed E-state index contributed by atoms with van der Waals surface area (Å²) < 4.78 is 0. The quantitative estimate of drug-likeness (QED) is 0.803. The Labute approximate surface area is 131 Å². The van der Waals surface area contributed by atoms with Crippen molar-refractivity contribution < 1.29 is 37.8 Å². The first-order chi connectivity index (χ1) is 7.59. The van der Waals surface area contributed by atoms with Gasteiger partial charge in [-0.1, -0.05) is 17.8 Å². The summed E-state index contributed by atoms with van der Waals surface area (Å²) in [5.41, 5.74) is 2.58. The van der Waals surface area contributed by atoms with Gasteiger partial charge in [-0.3, -0.25) is 0 Å². The predicted molar refractivity (Wildman–Crippen MR) is 65.6 cm³/mol. The van der Waals surface area contributed by atoms with Crippen molar-refractivity contribution in [3.63, 3.8) is 0 Å². The third-order valence-electron chi connectivity index (χ3n) is 2.49. The molecular weight excluding hydrogens is 311 g/mol. The molecule has 0 spiro atoms. The summed E-state index contributed by atoms with van der Waals surface area (Å²) in [6.07, 6.45) is 4.79. The minimum absolute atomic E-state index is 0. The summed E-state index contributed by atoms with van der Waals surface area (Å²) in [5, 5.41) is 9.81. The van der Waals surface area contributed by atoms with Gasteiger partial charge in [-0.05, 0) is 22.9 Å². The van der Waals surface area contributed by atoms with E-state index in [1.807, 2.05) is 24.1 Å². The van der Waals surface area contributed by atoms with Crippen LogP contribution in [0.25, 0.3) is 5.70 Å². The van der Waals surface area contributed by atoms with Crippen molar-refractivity contribution in [1.82, 2.24) is 4.90 Å². The van der Waals surface area contributed by atoms with Crippen LogP contribution in [0.4, 0.5) is 0 Å². The van der Waals surface area contributed by atoms with Gasteiger partial charge in [-0.2, -0.15) is 23.8 Å². The molecule has 4 heteroatoms. The second kappa shape index (κ2) is 5.86. The van der Waals surface area contributed by atoms with E-state index < -0.39 is 0 Å². The van der Waals surface area contributed by atoms with Crippen LogP contribution in [-0.4, -0.2) is 17.1 Å². The number of benzene rings is 1. The molecule has 0 bridgehead atoms. The van der Waals surface area contributed by atoms with Crippen molar-refractivity contribution in [1.29, 1.82) is 0 Å². The van der Waals surface area contributed by atoms with Crippen LogP contribution in [0.5, 0.6) is 5.75 Å². The third kappa shape index (κ3) is 3.01. The topological polar surface area (TPSA) is 23.5 Å². The van der Waals surface area contributed by atoms with E-state index in [0.29, 0.717) is 5.03 Å². The summed E-state index contributed by atoms with van der Waals surface area (Å²) in [4.78, 5) is 1.87. The van der Waals surface area contributed by atoms with Crippen LogP contribution >= 0.6 is 11.6 Å². The average Bonchev–Trinajstić information content (AvgIpc) is 2.28. The summed E-state index contributed by atoms with van der Waals surface area (Å²) in [7, 11) is 1.88. The number of rotatable bonds is 1. The van der Waals surface area contributed by atoms with Gasteiger partial charge >= 0.3 is 0 Å². The van der Waals surface area contributed by atoms with Gasteiger partial charge in [0.15, 0.2) is 0 Å². The van der Waals surface area contributed by atoms with Crippen LogP contribution in [0.2, 0.25) is 0 Å². The molecule has 0 fully saturated rings. The number of phenols is 1. The fourth-order valence-electron chi connectivity index (χ4n) is 1.50. The molecule has 0 amide bonds. The molecule has 0 saturated carbocycles. The van der Waals surface area contributed by atoms with E-state index in [0.717, 1.165) is 17.0 Å². The van der Waals surface area contributed by atoms with Crippen molar-refractivity contribution in [3.05, 3.63) is 59.3 Å².